The van der Waals surface area contributed by atoms with Crippen molar-refractivity contribution in [2.45, 2.75) is 26.4 Å². The monoisotopic (exact) mass is 412 g/mol. The molecule has 2 N–H and O–H groups in total. The fourth-order valence-electron chi connectivity index (χ4n) is 3.61. The SMILES string of the molecule is CC(C)n1cnc2c(NCc3ccccc3)nc(Nc3nc4ccccc4n3C)nc21. The van der Waals surface area contributed by atoms with E-state index in [1.165, 1.54) is 5.56 Å². The highest BCUT2D eigenvalue weighted by Crippen LogP contribution is 2.26. The van der Waals surface area contributed by atoms with Crippen LogP contribution in [-0.2, 0) is 13.6 Å². The van der Waals surface area contributed by atoms with E-state index in [4.69, 9.17) is 9.97 Å². The molecule has 156 valence electrons. The van der Waals surface area contributed by atoms with Crippen molar-refractivity contribution < 1.29 is 0 Å². The smallest absolute Gasteiger partial charge is 0.233 e. The third-order valence-electron chi connectivity index (χ3n) is 5.29. The minimum atomic E-state index is 0.227. The number of para-hydroxylation sites is 2. The van der Waals surface area contributed by atoms with Crippen molar-refractivity contribution >= 4 is 39.9 Å². The third-order valence-corrected chi connectivity index (χ3v) is 5.29. The van der Waals surface area contributed by atoms with Crippen LogP contribution in [0.3, 0.4) is 0 Å². The van der Waals surface area contributed by atoms with E-state index < -0.39 is 0 Å². The van der Waals surface area contributed by atoms with Gasteiger partial charge in [0.2, 0.25) is 11.9 Å². The Morgan fingerprint density at radius 2 is 1.71 bits per heavy atom. The zero-order chi connectivity index (χ0) is 21.4. The first-order chi connectivity index (χ1) is 15.1. The first-order valence-corrected chi connectivity index (χ1v) is 10.3. The molecule has 0 unspecified atom stereocenters. The van der Waals surface area contributed by atoms with Crippen LogP contribution in [0.15, 0.2) is 60.9 Å². The first-order valence-electron chi connectivity index (χ1n) is 10.3. The summed E-state index contributed by atoms with van der Waals surface area (Å²) in [7, 11) is 1.98. The number of hydrogen-bond acceptors (Lipinski definition) is 6. The van der Waals surface area contributed by atoms with Crippen LogP contribution in [0.25, 0.3) is 22.2 Å². The molecule has 3 aromatic heterocycles. The second-order valence-electron chi connectivity index (χ2n) is 7.76. The number of anilines is 3. The molecule has 0 aliphatic rings. The lowest BCUT2D eigenvalue weighted by molar-refractivity contribution is 0.613. The molecule has 0 amide bonds. The molecule has 0 radical (unpaired) electrons. The molecule has 31 heavy (non-hydrogen) atoms. The van der Waals surface area contributed by atoms with Gasteiger partial charge in [0.25, 0.3) is 0 Å². The van der Waals surface area contributed by atoms with Crippen molar-refractivity contribution in [3.05, 3.63) is 66.5 Å². The van der Waals surface area contributed by atoms with E-state index in [1.54, 1.807) is 0 Å². The quantitative estimate of drug-likeness (QED) is 0.422. The highest BCUT2D eigenvalue weighted by atomic mass is 15.3. The van der Waals surface area contributed by atoms with Gasteiger partial charge in [-0.05, 0) is 31.5 Å². The second kappa shape index (κ2) is 7.71. The predicted octanol–water partition coefficient (Wildman–Crippen LogP) is 4.65. The number of rotatable bonds is 6. The Kier molecular flexibility index (Phi) is 4.74. The van der Waals surface area contributed by atoms with E-state index in [1.807, 2.05) is 65.0 Å². The van der Waals surface area contributed by atoms with Crippen LogP contribution in [0.2, 0.25) is 0 Å². The summed E-state index contributed by atoms with van der Waals surface area (Å²) >= 11 is 0. The van der Waals surface area contributed by atoms with Gasteiger partial charge >= 0.3 is 0 Å². The molecule has 3 heterocycles. The Morgan fingerprint density at radius 3 is 2.48 bits per heavy atom. The van der Waals surface area contributed by atoms with Gasteiger partial charge in [-0.1, -0.05) is 42.5 Å². The number of aryl methyl sites for hydroxylation is 1. The van der Waals surface area contributed by atoms with Crippen molar-refractivity contribution in [3.8, 4) is 0 Å². The number of fused-ring (bicyclic) bond motifs is 2. The lowest BCUT2D eigenvalue weighted by Gasteiger charge is -2.12. The molecule has 8 heteroatoms. The topological polar surface area (TPSA) is 85.5 Å². The fraction of sp³-hybridized carbons (Fsp3) is 0.217. The molecule has 0 aliphatic carbocycles. The zero-order valence-electron chi connectivity index (χ0n) is 17.7. The Hall–Kier alpha value is -3.94. The summed E-state index contributed by atoms with van der Waals surface area (Å²) in [6, 6.07) is 18.5. The van der Waals surface area contributed by atoms with Crippen molar-refractivity contribution in [3.63, 3.8) is 0 Å². The van der Waals surface area contributed by atoms with E-state index in [0.717, 1.165) is 22.2 Å². The molecule has 0 aliphatic heterocycles. The van der Waals surface area contributed by atoms with Gasteiger partial charge in [-0.25, -0.2) is 9.97 Å². The molecule has 0 spiro atoms. The number of hydrogen-bond donors (Lipinski definition) is 2. The highest BCUT2D eigenvalue weighted by molar-refractivity contribution is 5.85. The van der Waals surface area contributed by atoms with E-state index in [0.29, 0.717) is 24.3 Å². The number of aromatic nitrogens is 6. The number of nitrogens with one attached hydrogen (secondary N) is 2. The summed E-state index contributed by atoms with van der Waals surface area (Å²) in [6.07, 6.45) is 1.82. The Balaban J connectivity index is 1.55. The van der Waals surface area contributed by atoms with Crippen LogP contribution in [-0.4, -0.2) is 29.1 Å². The van der Waals surface area contributed by atoms with Gasteiger partial charge in [-0.15, -0.1) is 0 Å². The largest absolute Gasteiger partial charge is 0.364 e. The van der Waals surface area contributed by atoms with Crippen molar-refractivity contribution in [1.82, 2.24) is 29.1 Å². The van der Waals surface area contributed by atoms with Gasteiger partial charge in [0.05, 0.1) is 17.4 Å². The van der Waals surface area contributed by atoms with Gasteiger partial charge in [-0.2, -0.15) is 9.97 Å². The molecule has 0 fully saturated rings. The minimum Gasteiger partial charge on any atom is -0.364 e. The fourth-order valence-corrected chi connectivity index (χ4v) is 3.61. The Bertz CT molecular complexity index is 1350. The molecule has 5 rings (SSSR count). The van der Waals surface area contributed by atoms with Crippen molar-refractivity contribution in [2.75, 3.05) is 10.6 Å². The van der Waals surface area contributed by atoms with Gasteiger partial charge in [0.15, 0.2) is 17.0 Å². The first kappa shape index (κ1) is 19.0. The van der Waals surface area contributed by atoms with Crippen molar-refractivity contribution in [1.29, 1.82) is 0 Å². The normalized spacial score (nSPS) is 11.5. The number of benzene rings is 2. The standard InChI is InChI=1S/C23H24N8/c1-15(2)31-14-25-19-20(24-13-16-9-5-4-6-10-16)27-22(28-21(19)31)29-23-26-17-11-7-8-12-18(17)30(23)3/h4-12,14-15H,13H2,1-3H3,(H2,24,26,27,28,29). The van der Waals surface area contributed by atoms with Gasteiger partial charge < -0.3 is 14.5 Å². The van der Waals surface area contributed by atoms with Gasteiger partial charge in [0, 0.05) is 19.6 Å². The lowest BCUT2D eigenvalue weighted by atomic mass is 10.2. The van der Waals surface area contributed by atoms with Crippen LogP contribution < -0.4 is 10.6 Å². The van der Waals surface area contributed by atoms with Crippen molar-refractivity contribution in [2.24, 2.45) is 7.05 Å². The van der Waals surface area contributed by atoms with Crippen LogP contribution in [0.5, 0.6) is 0 Å². The summed E-state index contributed by atoms with van der Waals surface area (Å²) in [6.45, 7) is 4.87. The summed E-state index contributed by atoms with van der Waals surface area (Å²) in [5.74, 6) is 1.85. The summed E-state index contributed by atoms with van der Waals surface area (Å²) in [5, 5.41) is 6.73. The maximum absolute atomic E-state index is 4.76. The highest BCUT2D eigenvalue weighted by Gasteiger charge is 2.16. The predicted molar refractivity (Wildman–Crippen MR) is 123 cm³/mol. The molecule has 8 nitrogen and oxygen atoms in total. The van der Waals surface area contributed by atoms with E-state index in [2.05, 4.69) is 46.6 Å². The maximum atomic E-state index is 4.76. The Morgan fingerprint density at radius 1 is 0.935 bits per heavy atom. The van der Waals surface area contributed by atoms with Gasteiger partial charge in [-0.3, -0.25) is 5.32 Å². The molecular weight excluding hydrogens is 388 g/mol. The summed E-state index contributed by atoms with van der Waals surface area (Å²) < 4.78 is 4.05. The van der Waals surface area contributed by atoms with Crippen LogP contribution in [0.4, 0.5) is 17.7 Å². The lowest BCUT2D eigenvalue weighted by Crippen LogP contribution is -2.09. The summed E-state index contributed by atoms with van der Waals surface area (Å²) in [5.41, 5.74) is 4.66. The van der Waals surface area contributed by atoms with Crippen LogP contribution in [0, 0.1) is 0 Å². The molecule has 0 bridgehead atoms. The second-order valence-corrected chi connectivity index (χ2v) is 7.76. The average molecular weight is 413 g/mol. The zero-order valence-corrected chi connectivity index (χ0v) is 17.7. The molecule has 5 aromatic rings. The maximum Gasteiger partial charge on any atom is 0.233 e. The molecule has 0 saturated carbocycles. The number of nitrogens with zero attached hydrogens (tertiary/aromatic N) is 6. The van der Waals surface area contributed by atoms with Gasteiger partial charge in [0.1, 0.15) is 0 Å². The molecule has 0 atom stereocenters. The molecular formula is C23H24N8. The van der Waals surface area contributed by atoms with Crippen LogP contribution in [0.1, 0.15) is 25.5 Å². The average Bonchev–Trinajstić information content (AvgIpc) is 3.35. The van der Waals surface area contributed by atoms with E-state index in [-0.39, 0.29) is 6.04 Å². The Labute approximate surface area is 180 Å². The summed E-state index contributed by atoms with van der Waals surface area (Å²) in [4.78, 5) is 18.8. The molecule has 0 saturated heterocycles. The van der Waals surface area contributed by atoms with E-state index in [9.17, 15) is 0 Å². The molecule has 2 aromatic carbocycles. The van der Waals surface area contributed by atoms with E-state index >= 15 is 0 Å². The number of imidazole rings is 2. The third kappa shape index (κ3) is 3.56. The van der Waals surface area contributed by atoms with Crippen LogP contribution >= 0.6 is 0 Å². The minimum absolute atomic E-state index is 0.227.